The van der Waals surface area contributed by atoms with Gasteiger partial charge in [-0.2, -0.15) is 0 Å². The van der Waals surface area contributed by atoms with Gasteiger partial charge in [0, 0.05) is 13.1 Å². The molecular weight excluding hydrogens is 309 g/mol. The summed E-state index contributed by atoms with van der Waals surface area (Å²) >= 11 is 0. The van der Waals surface area contributed by atoms with Crippen molar-refractivity contribution in [1.29, 1.82) is 0 Å². The Balaban J connectivity index is 1.62. The fraction of sp³-hybridized carbons (Fsp3) is 0.389. The second-order valence-electron chi connectivity index (χ2n) is 5.99. The molecule has 2 aromatic rings. The Labute approximate surface area is 140 Å². The van der Waals surface area contributed by atoms with E-state index in [1.54, 1.807) is 24.5 Å². The van der Waals surface area contributed by atoms with Crippen LogP contribution in [0.1, 0.15) is 31.6 Å². The molecule has 0 saturated carbocycles. The molecule has 1 aliphatic rings. The van der Waals surface area contributed by atoms with E-state index in [1.807, 2.05) is 13.0 Å². The maximum absolute atomic E-state index is 14.2. The van der Waals surface area contributed by atoms with Gasteiger partial charge in [0.05, 0.1) is 30.2 Å². The number of carbonyl (C=O) groups is 1. The summed E-state index contributed by atoms with van der Waals surface area (Å²) in [4.78, 5) is 14.3. The van der Waals surface area contributed by atoms with E-state index in [-0.39, 0.29) is 24.3 Å². The molecule has 0 unspecified atom stereocenters. The molecule has 1 atom stereocenters. The van der Waals surface area contributed by atoms with E-state index in [0.717, 1.165) is 31.6 Å². The van der Waals surface area contributed by atoms with Crippen LogP contribution in [0, 0.1) is 5.82 Å². The average Bonchev–Trinajstić information content (AvgIpc) is 3.26. The van der Waals surface area contributed by atoms with Crippen LogP contribution in [0.15, 0.2) is 41.0 Å². The van der Waals surface area contributed by atoms with Crippen molar-refractivity contribution in [2.24, 2.45) is 0 Å². The van der Waals surface area contributed by atoms with Gasteiger partial charge in [0.25, 0.3) is 0 Å². The van der Waals surface area contributed by atoms with Crippen molar-refractivity contribution in [2.75, 3.05) is 29.9 Å². The minimum atomic E-state index is -0.341. The van der Waals surface area contributed by atoms with E-state index >= 15 is 0 Å². The van der Waals surface area contributed by atoms with E-state index in [2.05, 4.69) is 15.5 Å². The fourth-order valence-corrected chi connectivity index (χ4v) is 2.98. The van der Waals surface area contributed by atoms with Gasteiger partial charge in [-0.05, 0) is 44.0 Å². The van der Waals surface area contributed by atoms with Gasteiger partial charge in [-0.25, -0.2) is 4.39 Å². The molecule has 1 aliphatic heterocycles. The molecule has 2 N–H and O–H groups in total. The monoisotopic (exact) mass is 331 g/mol. The smallest absolute Gasteiger partial charge is 0.239 e. The minimum absolute atomic E-state index is 0.00677. The highest BCUT2D eigenvalue weighted by Crippen LogP contribution is 2.31. The first-order chi connectivity index (χ1) is 11.6. The number of halogens is 1. The van der Waals surface area contributed by atoms with Crippen LogP contribution in [0.5, 0.6) is 0 Å². The summed E-state index contributed by atoms with van der Waals surface area (Å²) in [5, 5.41) is 5.78. The molecule has 0 spiro atoms. The van der Waals surface area contributed by atoms with Gasteiger partial charge in [-0.15, -0.1) is 0 Å². The molecule has 5 nitrogen and oxygen atoms in total. The highest BCUT2D eigenvalue weighted by molar-refractivity contribution is 5.83. The van der Waals surface area contributed by atoms with Crippen molar-refractivity contribution in [3.8, 4) is 0 Å². The van der Waals surface area contributed by atoms with Crippen molar-refractivity contribution in [3.63, 3.8) is 0 Å². The second kappa shape index (κ2) is 7.38. The maximum Gasteiger partial charge on any atom is 0.239 e. The van der Waals surface area contributed by atoms with Gasteiger partial charge in [0.1, 0.15) is 11.6 Å². The van der Waals surface area contributed by atoms with E-state index in [0.29, 0.717) is 11.4 Å². The van der Waals surface area contributed by atoms with Crippen LogP contribution in [0.4, 0.5) is 15.8 Å². The second-order valence-corrected chi connectivity index (χ2v) is 5.99. The van der Waals surface area contributed by atoms with Crippen molar-refractivity contribution in [3.05, 3.63) is 48.2 Å². The quantitative estimate of drug-likeness (QED) is 0.853. The Morgan fingerprint density at radius 1 is 1.29 bits per heavy atom. The molecule has 1 aromatic carbocycles. The highest BCUT2D eigenvalue weighted by Gasteiger charge is 2.19. The van der Waals surface area contributed by atoms with Crippen LogP contribution in [0.3, 0.4) is 0 Å². The summed E-state index contributed by atoms with van der Waals surface area (Å²) in [7, 11) is 0. The molecular formula is C18H22FN3O2. The topological polar surface area (TPSA) is 57.5 Å². The summed E-state index contributed by atoms with van der Waals surface area (Å²) < 4.78 is 19.5. The molecule has 6 heteroatoms. The highest BCUT2D eigenvalue weighted by atomic mass is 19.1. The molecule has 3 rings (SSSR count). The number of nitrogens with zero attached hydrogens (tertiary/aromatic N) is 1. The van der Waals surface area contributed by atoms with Gasteiger partial charge < -0.3 is 20.0 Å². The molecule has 1 amide bonds. The van der Waals surface area contributed by atoms with Gasteiger partial charge in [-0.1, -0.05) is 6.07 Å². The van der Waals surface area contributed by atoms with Crippen molar-refractivity contribution in [2.45, 2.75) is 25.8 Å². The number of nitrogens with one attached hydrogen (secondary N) is 2. The lowest BCUT2D eigenvalue weighted by atomic mass is 10.2. The summed E-state index contributed by atoms with van der Waals surface area (Å²) in [5.74, 6) is 0.132. The molecule has 1 fully saturated rings. The Morgan fingerprint density at radius 3 is 2.79 bits per heavy atom. The minimum Gasteiger partial charge on any atom is -0.467 e. The van der Waals surface area contributed by atoms with E-state index in [1.165, 1.54) is 6.07 Å². The number of carbonyl (C=O) groups excluding carboxylic acids is 1. The summed E-state index contributed by atoms with van der Waals surface area (Å²) in [6.07, 6.45) is 3.78. The van der Waals surface area contributed by atoms with Crippen LogP contribution in [-0.2, 0) is 4.79 Å². The number of hydrogen-bond acceptors (Lipinski definition) is 4. The van der Waals surface area contributed by atoms with Gasteiger partial charge in [-0.3, -0.25) is 4.79 Å². The standard InChI is InChI=1S/C18H22FN3O2/c1-13(16-8-5-11-24-16)21-17(23)12-20-18-14(19)6-4-7-15(18)22-9-2-3-10-22/h4-8,11,13,20H,2-3,9-10,12H2,1H3,(H,21,23)/t13-/m0/s1. The number of amides is 1. The predicted octanol–water partition coefficient (Wildman–Crippen LogP) is 3.31. The Kier molecular flexibility index (Phi) is 5.03. The summed E-state index contributed by atoms with van der Waals surface area (Å²) in [6, 6.07) is 8.35. The van der Waals surface area contributed by atoms with Crippen molar-refractivity contribution >= 4 is 17.3 Å². The number of benzene rings is 1. The zero-order valence-corrected chi connectivity index (χ0v) is 13.7. The summed E-state index contributed by atoms with van der Waals surface area (Å²) in [5.41, 5.74) is 1.21. The molecule has 128 valence electrons. The Hall–Kier alpha value is -2.50. The van der Waals surface area contributed by atoms with Crippen molar-refractivity contribution in [1.82, 2.24) is 5.32 Å². The molecule has 0 bridgehead atoms. The number of hydrogen-bond donors (Lipinski definition) is 2. The fourth-order valence-electron chi connectivity index (χ4n) is 2.98. The van der Waals surface area contributed by atoms with Crippen LogP contribution >= 0.6 is 0 Å². The van der Waals surface area contributed by atoms with Gasteiger partial charge >= 0.3 is 0 Å². The summed E-state index contributed by atoms with van der Waals surface area (Å²) in [6.45, 7) is 3.68. The zero-order chi connectivity index (χ0) is 16.9. The molecule has 0 aliphatic carbocycles. The number of rotatable bonds is 6. The average molecular weight is 331 g/mol. The van der Waals surface area contributed by atoms with E-state index in [4.69, 9.17) is 4.42 Å². The number of anilines is 2. The molecule has 1 saturated heterocycles. The SMILES string of the molecule is C[C@H](NC(=O)CNc1c(F)cccc1N1CCCC1)c1ccco1. The Morgan fingerprint density at radius 2 is 2.08 bits per heavy atom. The van der Waals surface area contributed by atoms with E-state index < -0.39 is 0 Å². The van der Waals surface area contributed by atoms with Gasteiger partial charge in [0.15, 0.2) is 0 Å². The molecule has 1 aromatic heterocycles. The third kappa shape index (κ3) is 3.69. The van der Waals surface area contributed by atoms with Gasteiger partial charge in [0.2, 0.25) is 5.91 Å². The molecule has 0 radical (unpaired) electrons. The van der Waals surface area contributed by atoms with Crippen LogP contribution in [0.2, 0.25) is 0 Å². The van der Waals surface area contributed by atoms with E-state index in [9.17, 15) is 9.18 Å². The lowest BCUT2D eigenvalue weighted by molar-refractivity contribution is -0.120. The molecule has 24 heavy (non-hydrogen) atoms. The first-order valence-corrected chi connectivity index (χ1v) is 8.25. The third-order valence-corrected chi connectivity index (χ3v) is 4.21. The first kappa shape index (κ1) is 16.4. The maximum atomic E-state index is 14.2. The predicted molar refractivity (Wildman–Crippen MR) is 91.6 cm³/mol. The molecule has 2 heterocycles. The number of para-hydroxylation sites is 1. The lowest BCUT2D eigenvalue weighted by Gasteiger charge is -2.22. The first-order valence-electron chi connectivity index (χ1n) is 8.25. The largest absolute Gasteiger partial charge is 0.467 e. The van der Waals surface area contributed by atoms with Crippen LogP contribution in [-0.4, -0.2) is 25.5 Å². The lowest BCUT2D eigenvalue weighted by Crippen LogP contribution is -2.32. The Bertz CT molecular complexity index is 682. The normalized spacial score (nSPS) is 15.3. The van der Waals surface area contributed by atoms with Crippen molar-refractivity contribution < 1.29 is 13.6 Å². The zero-order valence-electron chi connectivity index (χ0n) is 13.7. The number of furan rings is 1. The third-order valence-electron chi connectivity index (χ3n) is 4.21. The van der Waals surface area contributed by atoms with Crippen LogP contribution < -0.4 is 15.5 Å². The van der Waals surface area contributed by atoms with Crippen LogP contribution in [0.25, 0.3) is 0 Å².